The van der Waals surface area contributed by atoms with Crippen molar-refractivity contribution in [2.75, 3.05) is 20.7 Å². The second kappa shape index (κ2) is 6.16. The lowest BCUT2D eigenvalue weighted by Crippen LogP contribution is -2.54. The van der Waals surface area contributed by atoms with Crippen molar-refractivity contribution in [2.24, 2.45) is 5.92 Å². The van der Waals surface area contributed by atoms with Gasteiger partial charge in [0.2, 0.25) is 0 Å². The molecular formula is C19H27NO3. The van der Waals surface area contributed by atoms with Crippen molar-refractivity contribution in [3.8, 4) is 11.5 Å². The molecule has 2 aliphatic rings. The molecule has 4 heteroatoms. The molecule has 23 heavy (non-hydrogen) atoms. The Morgan fingerprint density at radius 2 is 2.17 bits per heavy atom. The minimum Gasteiger partial charge on any atom is -0.493 e. The lowest BCUT2D eigenvalue weighted by atomic mass is 9.59. The van der Waals surface area contributed by atoms with E-state index in [4.69, 9.17) is 9.47 Å². The molecule has 0 radical (unpaired) electrons. The third-order valence-corrected chi connectivity index (χ3v) is 5.77. The molecule has 1 aliphatic heterocycles. The lowest BCUT2D eigenvalue weighted by Gasteiger charge is -2.44. The first kappa shape index (κ1) is 16.3. The van der Waals surface area contributed by atoms with E-state index >= 15 is 0 Å². The van der Waals surface area contributed by atoms with Crippen molar-refractivity contribution < 1.29 is 14.3 Å². The predicted octanol–water partition coefficient (Wildman–Crippen LogP) is 2.86. The molecule has 0 spiro atoms. The topological polar surface area (TPSA) is 47.6 Å². The van der Waals surface area contributed by atoms with E-state index in [-0.39, 0.29) is 17.3 Å². The average molecular weight is 317 g/mol. The summed E-state index contributed by atoms with van der Waals surface area (Å²) < 4.78 is 11.8. The molecule has 1 saturated carbocycles. The number of methoxy groups -OCH3 is 1. The van der Waals surface area contributed by atoms with Gasteiger partial charge in [-0.15, -0.1) is 0 Å². The van der Waals surface area contributed by atoms with Crippen molar-refractivity contribution >= 4 is 5.78 Å². The molecule has 4 nitrogen and oxygen atoms in total. The van der Waals surface area contributed by atoms with Crippen molar-refractivity contribution in [2.45, 2.75) is 51.0 Å². The Kier molecular flexibility index (Phi) is 4.37. The number of ketones is 1. The molecule has 1 heterocycles. The Morgan fingerprint density at radius 3 is 2.78 bits per heavy atom. The standard InChI is InChI=1S/C19H27NO3/c1-5-12-7-10-15(22-4)17-16(12)19(6-2)13(11-20-3)8-9-14(21)18(19)23-17/h7,10,13,18,20H,5-6,8-9,11H2,1-4H3/t13?,18-,19-/m1/s1. The van der Waals surface area contributed by atoms with Crippen LogP contribution >= 0.6 is 0 Å². The molecule has 3 atom stereocenters. The Bertz CT molecular complexity index is 613. The number of hydrogen-bond donors (Lipinski definition) is 1. The molecule has 3 rings (SSSR count). The fourth-order valence-electron chi connectivity index (χ4n) is 4.70. The number of benzene rings is 1. The number of aryl methyl sites for hydroxylation is 1. The monoisotopic (exact) mass is 317 g/mol. The van der Waals surface area contributed by atoms with Crippen LogP contribution in [0.2, 0.25) is 0 Å². The summed E-state index contributed by atoms with van der Waals surface area (Å²) in [5.41, 5.74) is 2.27. The average Bonchev–Trinajstić information content (AvgIpc) is 2.94. The number of nitrogens with one attached hydrogen (secondary N) is 1. The third kappa shape index (κ3) is 2.18. The normalized spacial score (nSPS) is 29.0. The molecule has 0 aromatic heterocycles. The molecule has 1 aromatic rings. The maximum absolute atomic E-state index is 12.7. The smallest absolute Gasteiger partial charge is 0.174 e. The molecule has 126 valence electrons. The Labute approximate surface area is 138 Å². The van der Waals surface area contributed by atoms with E-state index in [1.807, 2.05) is 13.1 Å². The van der Waals surface area contributed by atoms with E-state index < -0.39 is 0 Å². The number of ether oxygens (including phenoxy) is 2. The van der Waals surface area contributed by atoms with E-state index in [1.165, 1.54) is 11.1 Å². The zero-order valence-corrected chi connectivity index (χ0v) is 14.6. The van der Waals surface area contributed by atoms with Gasteiger partial charge < -0.3 is 14.8 Å². The molecule has 0 saturated heterocycles. The fourth-order valence-corrected chi connectivity index (χ4v) is 4.70. The summed E-state index contributed by atoms with van der Waals surface area (Å²) in [7, 11) is 3.65. The fraction of sp³-hybridized carbons (Fsp3) is 0.632. The minimum atomic E-state index is -0.365. The second-order valence-corrected chi connectivity index (χ2v) is 6.64. The number of fused-ring (bicyclic) bond motifs is 3. The van der Waals surface area contributed by atoms with Gasteiger partial charge in [0.25, 0.3) is 0 Å². The summed E-state index contributed by atoms with van der Waals surface area (Å²) in [5, 5.41) is 3.32. The first-order valence-corrected chi connectivity index (χ1v) is 8.68. The van der Waals surface area contributed by atoms with Crippen molar-refractivity contribution in [3.63, 3.8) is 0 Å². The molecule has 1 unspecified atom stereocenters. The Hall–Kier alpha value is -1.55. The third-order valence-electron chi connectivity index (χ3n) is 5.77. The van der Waals surface area contributed by atoms with Gasteiger partial charge in [0.1, 0.15) is 0 Å². The Morgan fingerprint density at radius 1 is 1.39 bits per heavy atom. The van der Waals surface area contributed by atoms with Gasteiger partial charge in [-0.1, -0.05) is 19.9 Å². The first-order valence-electron chi connectivity index (χ1n) is 8.68. The van der Waals surface area contributed by atoms with Gasteiger partial charge in [-0.25, -0.2) is 0 Å². The van der Waals surface area contributed by atoms with E-state index in [2.05, 4.69) is 25.2 Å². The van der Waals surface area contributed by atoms with Crippen LogP contribution in [0.25, 0.3) is 0 Å². The highest BCUT2D eigenvalue weighted by Crippen LogP contribution is 2.57. The minimum absolute atomic E-state index is 0.229. The van der Waals surface area contributed by atoms with Crippen molar-refractivity contribution in [3.05, 3.63) is 23.3 Å². The number of carbonyl (C=O) groups is 1. The zero-order valence-electron chi connectivity index (χ0n) is 14.6. The van der Waals surface area contributed by atoms with Crippen LogP contribution in [0.15, 0.2) is 12.1 Å². The van der Waals surface area contributed by atoms with Crippen LogP contribution in [0.4, 0.5) is 0 Å². The van der Waals surface area contributed by atoms with Crippen molar-refractivity contribution in [1.82, 2.24) is 5.32 Å². The first-order chi connectivity index (χ1) is 11.1. The van der Waals surface area contributed by atoms with Gasteiger partial charge in [0, 0.05) is 17.4 Å². The van der Waals surface area contributed by atoms with Gasteiger partial charge in [-0.3, -0.25) is 4.79 Å². The van der Waals surface area contributed by atoms with Gasteiger partial charge in [0.05, 0.1) is 7.11 Å². The highest BCUT2D eigenvalue weighted by Gasteiger charge is 2.59. The van der Waals surface area contributed by atoms with Crippen LogP contribution in [0, 0.1) is 5.92 Å². The maximum atomic E-state index is 12.7. The van der Waals surface area contributed by atoms with Gasteiger partial charge in [-0.2, -0.15) is 0 Å². The summed E-state index contributed by atoms with van der Waals surface area (Å²) in [6.07, 6.45) is 3.01. The van der Waals surface area contributed by atoms with E-state index in [0.717, 1.165) is 37.3 Å². The van der Waals surface area contributed by atoms with Crippen LogP contribution < -0.4 is 14.8 Å². The number of rotatable bonds is 5. The van der Waals surface area contributed by atoms with Crippen LogP contribution in [0.1, 0.15) is 44.2 Å². The largest absolute Gasteiger partial charge is 0.493 e. The molecule has 0 bridgehead atoms. The van der Waals surface area contributed by atoms with Gasteiger partial charge in [0.15, 0.2) is 23.4 Å². The predicted molar refractivity (Wildman–Crippen MR) is 90.4 cm³/mol. The van der Waals surface area contributed by atoms with Crippen molar-refractivity contribution in [1.29, 1.82) is 0 Å². The van der Waals surface area contributed by atoms with E-state index in [9.17, 15) is 4.79 Å². The summed E-state index contributed by atoms with van der Waals surface area (Å²) in [6.45, 7) is 5.25. The van der Waals surface area contributed by atoms with Crippen LogP contribution in [0.3, 0.4) is 0 Å². The lowest BCUT2D eigenvalue weighted by molar-refractivity contribution is -0.133. The number of Topliss-reactive ketones (excluding diaryl/α,β-unsaturated/α-hetero) is 1. The van der Waals surface area contributed by atoms with Crippen LogP contribution in [-0.2, 0) is 16.6 Å². The zero-order chi connectivity index (χ0) is 16.6. The van der Waals surface area contributed by atoms with Gasteiger partial charge >= 0.3 is 0 Å². The van der Waals surface area contributed by atoms with Crippen LogP contribution in [0.5, 0.6) is 11.5 Å². The summed E-state index contributed by atoms with van der Waals surface area (Å²) in [6, 6.07) is 4.10. The number of hydrogen-bond acceptors (Lipinski definition) is 4. The molecule has 1 aromatic carbocycles. The molecular weight excluding hydrogens is 290 g/mol. The van der Waals surface area contributed by atoms with E-state index in [1.54, 1.807) is 7.11 Å². The highest BCUT2D eigenvalue weighted by molar-refractivity contribution is 5.88. The quantitative estimate of drug-likeness (QED) is 0.907. The maximum Gasteiger partial charge on any atom is 0.174 e. The van der Waals surface area contributed by atoms with E-state index in [0.29, 0.717) is 12.3 Å². The summed E-state index contributed by atoms with van der Waals surface area (Å²) in [5.74, 6) is 2.18. The summed E-state index contributed by atoms with van der Waals surface area (Å²) in [4.78, 5) is 12.7. The van der Waals surface area contributed by atoms with Gasteiger partial charge in [-0.05, 0) is 50.4 Å². The highest BCUT2D eigenvalue weighted by atomic mass is 16.5. The molecule has 1 fully saturated rings. The molecule has 0 amide bonds. The van der Waals surface area contributed by atoms with Crippen LogP contribution in [-0.4, -0.2) is 32.6 Å². The second-order valence-electron chi connectivity index (χ2n) is 6.64. The summed E-state index contributed by atoms with van der Waals surface area (Å²) >= 11 is 0. The number of carbonyl (C=O) groups excluding carboxylic acids is 1. The molecule has 1 N–H and O–H groups in total. The molecule has 1 aliphatic carbocycles. The SMILES string of the molecule is CCc1ccc(OC)c2c1[C@@]1(CC)C(CNC)CCC(=O)[C@H]1O2. The Balaban J connectivity index is 2.25.